The lowest BCUT2D eigenvalue weighted by Crippen LogP contribution is -2.39. The lowest BCUT2D eigenvalue weighted by atomic mass is 9.96. The number of carbonyl (C=O) groups is 2. The zero-order chi connectivity index (χ0) is 18.9. The van der Waals surface area contributed by atoms with E-state index in [1.54, 1.807) is 0 Å². The van der Waals surface area contributed by atoms with Crippen LogP contribution >= 0.6 is 0 Å². The molecule has 2 heterocycles. The van der Waals surface area contributed by atoms with Crippen molar-refractivity contribution in [3.63, 3.8) is 0 Å². The van der Waals surface area contributed by atoms with E-state index < -0.39 is 29.6 Å². The van der Waals surface area contributed by atoms with E-state index in [1.807, 2.05) is 0 Å². The van der Waals surface area contributed by atoms with Gasteiger partial charge in [0.25, 0.3) is 11.8 Å². The number of nitrogens with one attached hydrogen (secondary N) is 1. The maximum Gasteiger partial charge on any atom is 0.417 e. The number of halogens is 3. The fraction of sp³-hybridized carbons (Fsp3) is 0.353. The third-order valence-corrected chi connectivity index (χ3v) is 4.44. The number of nitrogens with two attached hydrogens (primary N) is 1. The predicted molar refractivity (Wildman–Crippen MR) is 86.2 cm³/mol. The van der Waals surface area contributed by atoms with Crippen LogP contribution in [0.1, 0.15) is 57.4 Å². The Morgan fingerprint density at radius 3 is 2.62 bits per heavy atom. The Morgan fingerprint density at radius 1 is 1.23 bits per heavy atom. The number of likely N-dealkylation sites (tertiary alicyclic amines) is 1. The zero-order valence-corrected chi connectivity index (χ0v) is 13.7. The van der Waals surface area contributed by atoms with Crippen LogP contribution in [-0.2, 0) is 6.18 Å². The molecule has 1 aliphatic rings. The number of rotatable bonds is 3. The van der Waals surface area contributed by atoms with Gasteiger partial charge in [-0.1, -0.05) is 12.1 Å². The minimum Gasteiger partial charge on any atom is -0.364 e. The van der Waals surface area contributed by atoms with Gasteiger partial charge < -0.3 is 10.6 Å². The topological polar surface area (TPSA) is 92.1 Å². The van der Waals surface area contributed by atoms with Crippen molar-refractivity contribution in [3.05, 3.63) is 52.8 Å². The van der Waals surface area contributed by atoms with Crippen LogP contribution < -0.4 is 5.73 Å². The van der Waals surface area contributed by atoms with Crippen LogP contribution in [0.15, 0.2) is 30.3 Å². The molecule has 3 N–H and O–H groups in total. The fourth-order valence-corrected chi connectivity index (χ4v) is 3.20. The lowest BCUT2D eigenvalue weighted by molar-refractivity contribution is -0.138. The molecule has 2 amide bonds. The first-order chi connectivity index (χ1) is 12.3. The Labute approximate surface area is 147 Å². The van der Waals surface area contributed by atoms with Gasteiger partial charge in [0.05, 0.1) is 22.9 Å². The maximum atomic E-state index is 13.2. The second kappa shape index (κ2) is 6.81. The summed E-state index contributed by atoms with van der Waals surface area (Å²) in [5.74, 6) is -1.42. The highest BCUT2D eigenvalue weighted by molar-refractivity contribution is 5.96. The van der Waals surface area contributed by atoms with Gasteiger partial charge in [0.2, 0.25) is 0 Å². The highest BCUT2D eigenvalue weighted by Gasteiger charge is 2.38. The molecule has 26 heavy (non-hydrogen) atoms. The van der Waals surface area contributed by atoms with Crippen molar-refractivity contribution in [2.45, 2.75) is 31.5 Å². The van der Waals surface area contributed by atoms with Crippen LogP contribution in [0.2, 0.25) is 0 Å². The minimum atomic E-state index is -4.62. The van der Waals surface area contributed by atoms with Crippen LogP contribution in [0.25, 0.3) is 0 Å². The van der Waals surface area contributed by atoms with Crippen LogP contribution in [0.5, 0.6) is 0 Å². The van der Waals surface area contributed by atoms with E-state index in [4.69, 9.17) is 5.73 Å². The molecule has 0 aliphatic carbocycles. The number of piperidine rings is 1. The van der Waals surface area contributed by atoms with E-state index in [0.717, 1.165) is 12.5 Å². The average Bonchev–Trinajstić information content (AvgIpc) is 3.11. The number of amides is 2. The molecule has 1 saturated heterocycles. The summed E-state index contributed by atoms with van der Waals surface area (Å²) in [6.45, 7) is 0.320. The van der Waals surface area contributed by atoms with Crippen molar-refractivity contribution in [2.75, 3.05) is 6.54 Å². The molecule has 1 aromatic heterocycles. The molecule has 0 saturated carbocycles. The molecule has 0 radical (unpaired) electrons. The van der Waals surface area contributed by atoms with Gasteiger partial charge in [0, 0.05) is 6.54 Å². The molecular weight excluding hydrogens is 349 g/mol. The number of carbonyl (C=O) groups excluding carboxylic acids is 2. The van der Waals surface area contributed by atoms with E-state index in [0.29, 0.717) is 25.1 Å². The van der Waals surface area contributed by atoms with E-state index >= 15 is 0 Å². The van der Waals surface area contributed by atoms with Crippen LogP contribution in [0.3, 0.4) is 0 Å². The molecule has 1 aliphatic heterocycles. The summed E-state index contributed by atoms with van der Waals surface area (Å²) in [6, 6.07) is 5.68. The maximum absolute atomic E-state index is 13.2. The van der Waals surface area contributed by atoms with Crippen molar-refractivity contribution in [1.29, 1.82) is 0 Å². The first-order valence-corrected chi connectivity index (χ1v) is 8.11. The summed E-state index contributed by atoms with van der Waals surface area (Å²) in [6.07, 6.45) is -2.57. The summed E-state index contributed by atoms with van der Waals surface area (Å²) in [7, 11) is 0. The Hall–Kier alpha value is -2.84. The third-order valence-electron chi connectivity index (χ3n) is 4.44. The number of aromatic nitrogens is 2. The largest absolute Gasteiger partial charge is 0.417 e. The van der Waals surface area contributed by atoms with Crippen molar-refractivity contribution < 1.29 is 22.8 Å². The van der Waals surface area contributed by atoms with Crippen LogP contribution in [-0.4, -0.2) is 33.5 Å². The second-order valence-corrected chi connectivity index (χ2v) is 6.13. The number of H-pyrrole nitrogens is 1. The molecule has 3 rings (SSSR count). The zero-order valence-electron chi connectivity index (χ0n) is 13.7. The van der Waals surface area contributed by atoms with Crippen molar-refractivity contribution in [2.24, 2.45) is 5.73 Å². The molecule has 138 valence electrons. The lowest BCUT2D eigenvalue weighted by Gasteiger charge is -2.35. The van der Waals surface area contributed by atoms with Crippen molar-refractivity contribution in [1.82, 2.24) is 15.1 Å². The van der Waals surface area contributed by atoms with Crippen LogP contribution in [0, 0.1) is 0 Å². The molecule has 6 nitrogen and oxygen atoms in total. The van der Waals surface area contributed by atoms with Gasteiger partial charge in [0.15, 0.2) is 0 Å². The Morgan fingerprint density at radius 2 is 1.96 bits per heavy atom. The number of nitrogens with zero attached hydrogens (tertiary/aromatic N) is 2. The number of hydrogen-bond donors (Lipinski definition) is 2. The molecular formula is C17H17F3N4O2. The highest BCUT2D eigenvalue weighted by Crippen LogP contribution is 2.36. The van der Waals surface area contributed by atoms with Gasteiger partial charge in [-0.3, -0.25) is 14.7 Å². The molecule has 1 fully saturated rings. The number of benzene rings is 1. The number of alkyl halides is 3. The number of aromatic amines is 1. The summed E-state index contributed by atoms with van der Waals surface area (Å²) in [5.41, 5.74) is 4.34. The summed E-state index contributed by atoms with van der Waals surface area (Å²) < 4.78 is 39.7. The monoisotopic (exact) mass is 366 g/mol. The van der Waals surface area contributed by atoms with Crippen molar-refractivity contribution >= 4 is 11.8 Å². The van der Waals surface area contributed by atoms with E-state index in [9.17, 15) is 22.8 Å². The third kappa shape index (κ3) is 3.42. The molecule has 1 aromatic carbocycles. The quantitative estimate of drug-likeness (QED) is 0.875. The van der Waals surface area contributed by atoms with Gasteiger partial charge in [0.1, 0.15) is 5.69 Å². The fourth-order valence-electron chi connectivity index (χ4n) is 3.20. The highest BCUT2D eigenvalue weighted by atomic mass is 19.4. The normalized spacial score (nSPS) is 18.0. The van der Waals surface area contributed by atoms with E-state index in [2.05, 4.69) is 10.2 Å². The number of hydrogen-bond acceptors (Lipinski definition) is 3. The van der Waals surface area contributed by atoms with Crippen LogP contribution in [0.4, 0.5) is 13.2 Å². The molecule has 2 aromatic rings. The standard InChI is InChI=1S/C17H17F3N4O2/c18-17(19,20)11-6-2-1-5-10(11)16(26)24-8-4-3-7-14(24)12-9-13(15(21)25)23-22-12/h1-2,5-6,9,14H,3-4,7-8H2,(H2,21,25)(H,22,23). The van der Waals surface area contributed by atoms with Gasteiger partial charge in [-0.25, -0.2) is 0 Å². The minimum absolute atomic E-state index is 0.0219. The molecule has 0 bridgehead atoms. The smallest absolute Gasteiger partial charge is 0.364 e. The molecule has 1 atom stereocenters. The Balaban J connectivity index is 1.95. The Bertz CT molecular complexity index is 831. The summed E-state index contributed by atoms with van der Waals surface area (Å²) in [4.78, 5) is 25.5. The molecule has 1 unspecified atom stereocenters. The van der Waals surface area contributed by atoms with Gasteiger partial charge in [-0.05, 0) is 37.5 Å². The SMILES string of the molecule is NC(=O)c1cc(C2CCCCN2C(=O)c2ccccc2C(F)(F)F)[nH]n1. The Kier molecular flexibility index (Phi) is 4.71. The first kappa shape index (κ1) is 18.0. The summed E-state index contributed by atoms with van der Waals surface area (Å²) in [5, 5.41) is 6.47. The van der Waals surface area contributed by atoms with Gasteiger partial charge >= 0.3 is 6.18 Å². The first-order valence-electron chi connectivity index (χ1n) is 8.11. The van der Waals surface area contributed by atoms with E-state index in [-0.39, 0.29) is 11.3 Å². The molecule has 9 heteroatoms. The van der Waals surface area contributed by atoms with E-state index in [1.165, 1.54) is 29.2 Å². The van der Waals surface area contributed by atoms with Gasteiger partial charge in [-0.2, -0.15) is 18.3 Å². The molecule has 0 spiro atoms. The second-order valence-electron chi connectivity index (χ2n) is 6.13. The van der Waals surface area contributed by atoms with Gasteiger partial charge in [-0.15, -0.1) is 0 Å². The predicted octanol–water partition coefficient (Wildman–Crippen LogP) is 2.89. The number of primary amides is 1. The summed E-state index contributed by atoms with van der Waals surface area (Å²) >= 11 is 0. The van der Waals surface area contributed by atoms with Crippen molar-refractivity contribution in [3.8, 4) is 0 Å². The average molecular weight is 366 g/mol.